The van der Waals surface area contributed by atoms with Crippen LogP contribution in [0.25, 0.3) is 0 Å². The van der Waals surface area contributed by atoms with Crippen LogP contribution in [-0.4, -0.2) is 14.7 Å². The van der Waals surface area contributed by atoms with Crippen molar-refractivity contribution in [2.75, 3.05) is 0 Å². The molecule has 1 aliphatic rings. The van der Waals surface area contributed by atoms with Crippen LogP contribution in [0.5, 0.6) is 0 Å². The smallest absolute Gasteiger partial charge is 0.0634 e. The molecule has 0 aromatic heterocycles. The minimum absolute atomic E-state index is 0.0677. The van der Waals surface area contributed by atoms with Gasteiger partial charge in [-0.25, -0.2) is 0 Å². The second-order valence-electron chi connectivity index (χ2n) is 3.41. The van der Waals surface area contributed by atoms with E-state index >= 15 is 0 Å². The van der Waals surface area contributed by atoms with Gasteiger partial charge < -0.3 is 0 Å². The molecule has 1 rings (SSSR count). The highest BCUT2D eigenvalue weighted by Gasteiger charge is 2.24. The summed E-state index contributed by atoms with van der Waals surface area (Å²) in [5, 5.41) is 8.89. The average molecular weight is 185 g/mol. The molecule has 0 radical (unpaired) electrons. The van der Waals surface area contributed by atoms with E-state index in [1.807, 2.05) is 6.92 Å². The molecule has 2 atom stereocenters. The van der Waals surface area contributed by atoms with Crippen molar-refractivity contribution in [1.29, 1.82) is 5.26 Å². The Kier molecular flexibility index (Phi) is 3.74. The molecular weight excluding hydrogens is 170 g/mol. The van der Waals surface area contributed by atoms with Gasteiger partial charge in [0.25, 0.3) is 0 Å². The summed E-state index contributed by atoms with van der Waals surface area (Å²) in [4.78, 5) is 0. The highest BCUT2D eigenvalue weighted by molar-refractivity contribution is 7.86. The first kappa shape index (κ1) is 9.73. The maximum Gasteiger partial charge on any atom is 0.0634 e. The van der Waals surface area contributed by atoms with Gasteiger partial charge >= 0.3 is 0 Å². The van der Waals surface area contributed by atoms with E-state index in [2.05, 4.69) is 6.07 Å². The molecule has 2 unspecified atom stereocenters. The van der Waals surface area contributed by atoms with Gasteiger partial charge in [0, 0.05) is 27.7 Å². The maximum absolute atomic E-state index is 11.7. The second-order valence-corrected chi connectivity index (χ2v) is 5.54. The van der Waals surface area contributed by atoms with Gasteiger partial charge in [0.2, 0.25) is 0 Å². The van der Waals surface area contributed by atoms with Gasteiger partial charge in [-0.05, 0) is 19.8 Å². The first-order chi connectivity index (χ1) is 5.75. The Hall–Kier alpha value is -0.360. The van der Waals surface area contributed by atoms with E-state index in [0.717, 1.165) is 12.8 Å². The largest absolute Gasteiger partial charge is 0.259 e. The maximum atomic E-state index is 11.7. The van der Waals surface area contributed by atoms with Crippen LogP contribution in [0.4, 0.5) is 0 Å². The lowest BCUT2D eigenvalue weighted by Gasteiger charge is -2.13. The first-order valence-electron chi connectivity index (χ1n) is 4.52. The normalized spacial score (nSPS) is 23.3. The van der Waals surface area contributed by atoms with Crippen molar-refractivity contribution in [3.8, 4) is 6.07 Å². The molecule has 3 heteroatoms. The van der Waals surface area contributed by atoms with Gasteiger partial charge in [0.1, 0.15) is 0 Å². The van der Waals surface area contributed by atoms with E-state index in [-0.39, 0.29) is 5.25 Å². The standard InChI is InChI=1S/C9H15NOS/c1-8(6-7-10)12(11)9-4-2-3-5-9/h8-9H,2-6H2,1H3. The van der Waals surface area contributed by atoms with Gasteiger partial charge in [0.05, 0.1) is 6.07 Å². The van der Waals surface area contributed by atoms with Crippen molar-refractivity contribution in [3.63, 3.8) is 0 Å². The van der Waals surface area contributed by atoms with Crippen LogP contribution in [0.3, 0.4) is 0 Å². The molecule has 0 N–H and O–H groups in total. The van der Waals surface area contributed by atoms with Crippen molar-refractivity contribution >= 4 is 10.8 Å². The third-order valence-electron chi connectivity index (χ3n) is 2.41. The predicted molar refractivity (Wildman–Crippen MR) is 50.1 cm³/mol. The van der Waals surface area contributed by atoms with Gasteiger partial charge in [-0.15, -0.1) is 0 Å². The summed E-state index contributed by atoms with van der Waals surface area (Å²) in [6, 6.07) is 2.08. The van der Waals surface area contributed by atoms with E-state index in [4.69, 9.17) is 5.26 Å². The van der Waals surface area contributed by atoms with Crippen LogP contribution < -0.4 is 0 Å². The summed E-state index contributed by atoms with van der Waals surface area (Å²) in [6.45, 7) is 1.91. The van der Waals surface area contributed by atoms with Gasteiger partial charge in [-0.1, -0.05) is 12.8 Å². The van der Waals surface area contributed by atoms with Crippen molar-refractivity contribution in [3.05, 3.63) is 0 Å². The van der Waals surface area contributed by atoms with Gasteiger partial charge in [-0.2, -0.15) is 5.26 Å². The van der Waals surface area contributed by atoms with Crippen LogP contribution in [0.2, 0.25) is 0 Å². The Balaban J connectivity index is 2.41. The molecule has 0 saturated heterocycles. The summed E-state index contributed by atoms with van der Waals surface area (Å²) < 4.78 is 11.7. The van der Waals surface area contributed by atoms with Gasteiger partial charge in [0.15, 0.2) is 0 Å². The predicted octanol–water partition coefficient (Wildman–Crippen LogP) is 1.98. The molecule has 68 valence electrons. The minimum Gasteiger partial charge on any atom is -0.259 e. The Morgan fingerprint density at radius 3 is 2.67 bits per heavy atom. The molecule has 0 aromatic rings. The van der Waals surface area contributed by atoms with Crippen LogP contribution in [0.15, 0.2) is 0 Å². The molecule has 12 heavy (non-hydrogen) atoms. The van der Waals surface area contributed by atoms with Crippen LogP contribution in [-0.2, 0) is 10.8 Å². The molecule has 0 aromatic carbocycles. The minimum atomic E-state index is -0.762. The monoisotopic (exact) mass is 185 g/mol. The number of nitrogens with zero attached hydrogens (tertiary/aromatic N) is 1. The summed E-state index contributed by atoms with van der Waals surface area (Å²) >= 11 is 0. The SMILES string of the molecule is CC(CC#N)S(=O)C1CCCC1. The summed E-state index contributed by atoms with van der Waals surface area (Å²) in [7, 11) is -0.762. The number of rotatable bonds is 3. The molecular formula is C9H15NOS. The third-order valence-corrected chi connectivity index (χ3v) is 4.49. The Bertz CT molecular complexity index is 203. The molecule has 1 saturated carbocycles. The molecule has 0 bridgehead atoms. The summed E-state index contributed by atoms with van der Waals surface area (Å²) in [5.74, 6) is 0. The van der Waals surface area contributed by atoms with E-state index in [0.29, 0.717) is 11.7 Å². The van der Waals surface area contributed by atoms with Crippen LogP contribution in [0, 0.1) is 11.3 Å². The van der Waals surface area contributed by atoms with Crippen molar-refractivity contribution in [2.45, 2.75) is 49.5 Å². The highest BCUT2D eigenvalue weighted by Crippen LogP contribution is 2.25. The van der Waals surface area contributed by atoms with E-state index < -0.39 is 10.8 Å². The Morgan fingerprint density at radius 1 is 1.58 bits per heavy atom. The number of hydrogen-bond donors (Lipinski definition) is 0. The molecule has 1 fully saturated rings. The fourth-order valence-electron chi connectivity index (χ4n) is 1.66. The van der Waals surface area contributed by atoms with E-state index in [1.54, 1.807) is 0 Å². The fraction of sp³-hybridized carbons (Fsp3) is 0.889. The van der Waals surface area contributed by atoms with Crippen molar-refractivity contribution in [1.82, 2.24) is 0 Å². The van der Waals surface area contributed by atoms with Crippen molar-refractivity contribution in [2.24, 2.45) is 0 Å². The Morgan fingerprint density at radius 2 is 2.17 bits per heavy atom. The summed E-state index contributed by atoms with van der Waals surface area (Å²) in [6.07, 6.45) is 5.07. The summed E-state index contributed by atoms with van der Waals surface area (Å²) in [5.41, 5.74) is 0. The molecule has 1 aliphatic carbocycles. The lowest BCUT2D eigenvalue weighted by atomic mass is 10.4. The number of hydrogen-bond acceptors (Lipinski definition) is 2. The zero-order valence-electron chi connectivity index (χ0n) is 7.45. The van der Waals surface area contributed by atoms with Crippen LogP contribution in [0.1, 0.15) is 39.0 Å². The van der Waals surface area contributed by atoms with E-state index in [9.17, 15) is 4.21 Å². The molecule has 0 spiro atoms. The topological polar surface area (TPSA) is 40.9 Å². The lowest BCUT2D eigenvalue weighted by Crippen LogP contribution is -2.20. The van der Waals surface area contributed by atoms with Crippen LogP contribution >= 0.6 is 0 Å². The number of nitriles is 1. The third kappa shape index (κ3) is 2.31. The average Bonchev–Trinajstić information content (AvgIpc) is 2.55. The first-order valence-corrected chi connectivity index (χ1v) is 5.79. The van der Waals surface area contributed by atoms with Gasteiger partial charge in [-0.3, -0.25) is 4.21 Å². The second kappa shape index (κ2) is 4.61. The fourth-order valence-corrected chi connectivity index (χ4v) is 3.35. The zero-order valence-corrected chi connectivity index (χ0v) is 8.27. The molecule has 2 nitrogen and oxygen atoms in total. The zero-order chi connectivity index (χ0) is 8.97. The Labute approximate surface area is 76.4 Å². The molecule has 0 heterocycles. The highest BCUT2D eigenvalue weighted by atomic mass is 32.2. The van der Waals surface area contributed by atoms with E-state index in [1.165, 1.54) is 12.8 Å². The lowest BCUT2D eigenvalue weighted by molar-refractivity contribution is 0.658. The molecule has 0 aliphatic heterocycles. The van der Waals surface area contributed by atoms with Crippen molar-refractivity contribution < 1.29 is 4.21 Å². The molecule has 0 amide bonds. The quantitative estimate of drug-likeness (QED) is 0.674.